The van der Waals surface area contributed by atoms with E-state index in [1.807, 2.05) is 0 Å². The Balaban J connectivity index is 2.28. The molecule has 2 rings (SSSR count). The van der Waals surface area contributed by atoms with Gasteiger partial charge in [0, 0.05) is 6.07 Å². The maximum Gasteiger partial charge on any atom is 0.258 e. The first-order valence-corrected chi connectivity index (χ1v) is 5.64. The van der Waals surface area contributed by atoms with Gasteiger partial charge in [0.2, 0.25) is 0 Å². The number of phenols is 1. The summed E-state index contributed by atoms with van der Waals surface area (Å²) < 4.78 is 13.8. The molecule has 19 heavy (non-hydrogen) atoms. The monoisotopic (exact) mass is 260 g/mol. The average Bonchev–Trinajstić information content (AvgIpc) is 2.36. The fourth-order valence-electron chi connectivity index (χ4n) is 1.68. The van der Waals surface area contributed by atoms with Crippen molar-refractivity contribution in [2.45, 2.75) is 6.92 Å². The highest BCUT2D eigenvalue weighted by atomic mass is 19.1. The molecule has 0 heterocycles. The minimum Gasteiger partial charge on any atom is -0.508 e. The lowest BCUT2D eigenvalue weighted by atomic mass is 10.1. The molecule has 0 aliphatic carbocycles. The molecule has 0 bridgehead atoms. The molecule has 4 nitrogen and oxygen atoms in total. The van der Waals surface area contributed by atoms with Gasteiger partial charge in [0.15, 0.2) is 0 Å². The number of nitrogens with two attached hydrogens (primary N) is 1. The van der Waals surface area contributed by atoms with Gasteiger partial charge in [0.1, 0.15) is 11.6 Å². The fraction of sp³-hybridized carbons (Fsp3) is 0.0714. The van der Waals surface area contributed by atoms with Crippen LogP contribution >= 0.6 is 0 Å². The van der Waals surface area contributed by atoms with Crippen LogP contribution in [0, 0.1) is 12.7 Å². The summed E-state index contributed by atoms with van der Waals surface area (Å²) in [6, 6.07) is 8.74. The van der Waals surface area contributed by atoms with Crippen molar-refractivity contribution in [3.05, 3.63) is 53.3 Å². The summed E-state index contributed by atoms with van der Waals surface area (Å²) >= 11 is 0. The third-order valence-electron chi connectivity index (χ3n) is 2.72. The van der Waals surface area contributed by atoms with Crippen molar-refractivity contribution in [2.24, 2.45) is 0 Å². The van der Waals surface area contributed by atoms with E-state index in [2.05, 4.69) is 5.32 Å². The smallest absolute Gasteiger partial charge is 0.258 e. The molecule has 1 amide bonds. The van der Waals surface area contributed by atoms with E-state index in [1.165, 1.54) is 24.3 Å². The molecule has 0 saturated heterocycles. The van der Waals surface area contributed by atoms with E-state index in [4.69, 9.17) is 5.73 Å². The molecular weight excluding hydrogens is 247 g/mol. The first-order valence-electron chi connectivity index (χ1n) is 5.64. The van der Waals surface area contributed by atoms with Crippen molar-refractivity contribution in [2.75, 3.05) is 11.1 Å². The van der Waals surface area contributed by atoms with Crippen molar-refractivity contribution in [3.8, 4) is 5.75 Å². The third kappa shape index (κ3) is 2.65. The molecule has 0 aliphatic rings. The van der Waals surface area contributed by atoms with Crippen LogP contribution in [-0.4, -0.2) is 11.0 Å². The van der Waals surface area contributed by atoms with Crippen molar-refractivity contribution in [1.29, 1.82) is 0 Å². The Morgan fingerprint density at radius 3 is 2.74 bits per heavy atom. The molecule has 0 unspecified atom stereocenters. The first-order chi connectivity index (χ1) is 8.99. The number of phenolic OH excluding ortho intramolecular Hbond substituents is 1. The van der Waals surface area contributed by atoms with Crippen LogP contribution in [0.4, 0.5) is 15.8 Å². The number of nitrogen functional groups attached to an aromatic ring is 1. The van der Waals surface area contributed by atoms with Gasteiger partial charge in [0.25, 0.3) is 5.91 Å². The number of rotatable bonds is 2. The quantitative estimate of drug-likeness (QED) is 0.574. The Bertz CT molecular complexity index is 641. The number of halogens is 1. The molecule has 0 spiro atoms. The first kappa shape index (κ1) is 12.9. The van der Waals surface area contributed by atoms with Crippen molar-refractivity contribution in [3.63, 3.8) is 0 Å². The van der Waals surface area contributed by atoms with Gasteiger partial charge in [-0.15, -0.1) is 0 Å². The minimum atomic E-state index is -0.585. The van der Waals surface area contributed by atoms with Crippen LogP contribution in [0.15, 0.2) is 36.4 Å². The van der Waals surface area contributed by atoms with Crippen LogP contribution in [0.5, 0.6) is 5.75 Å². The number of amides is 1. The lowest BCUT2D eigenvalue weighted by Crippen LogP contribution is -2.15. The molecule has 0 aliphatic heterocycles. The lowest BCUT2D eigenvalue weighted by Gasteiger charge is -2.09. The molecule has 2 aromatic rings. The number of carbonyl (C=O) groups is 1. The second kappa shape index (κ2) is 4.97. The van der Waals surface area contributed by atoms with E-state index in [1.54, 1.807) is 19.1 Å². The van der Waals surface area contributed by atoms with E-state index in [0.29, 0.717) is 11.3 Å². The zero-order chi connectivity index (χ0) is 14.0. The zero-order valence-corrected chi connectivity index (χ0v) is 10.3. The lowest BCUT2D eigenvalue weighted by molar-refractivity contribution is 0.102. The van der Waals surface area contributed by atoms with Crippen molar-refractivity contribution >= 4 is 17.3 Å². The Kier molecular flexibility index (Phi) is 3.37. The van der Waals surface area contributed by atoms with Crippen molar-refractivity contribution < 1.29 is 14.3 Å². The number of anilines is 2. The molecular formula is C14H13FN2O2. The van der Waals surface area contributed by atoms with Crippen LogP contribution in [0.3, 0.4) is 0 Å². The van der Waals surface area contributed by atoms with Gasteiger partial charge in [-0.25, -0.2) is 4.39 Å². The summed E-state index contributed by atoms with van der Waals surface area (Å²) in [5, 5.41) is 11.7. The van der Waals surface area contributed by atoms with Gasteiger partial charge >= 0.3 is 0 Å². The number of hydrogen-bond donors (Lipinski definition) is 3. The summed E-state index contributed by atoms with van der Waals surface area (Å²) in [7, 11) is 0. The highest BCUT2D eigenvalue weighted by molar-refractivity contribution is 6.06. The molecule has 0 atom stereocenters. The van der Waals surface area contributed by atoms with Gasteiger partial charge in [-0.05, 0) is 30.7 Å². The summed E-state index contributed by atoms with van der Waals surface area (Å²) in [5.74, 6) is -1.15. The minimum absolute atomic E-state index is 0.00256. The predicted molar refractivity (Wildman–Crippen MR) is 71.6 cm³/mol. The van der Waals surface area contributed by atoms with Crippen LogP contribution < -0.4 is 11.1 Å². The Morgan fingerprint density at radius 2 is 2.05 bits per heavy atom. The number of aromatic hydroxyl groups is 1. The molecule has 5 heteroatoms. The van der Waals surface area contributed by atoms with E-state index >= 15 is 0 Å². The molecule has 2 aromatic carbocycles. The second-order valence-corrected chi connectivity index (χ2v) is 4.16. The summed E-state index contributed by atoms with van der Waals surface area (Å²) in [4.78, 5) is 12.0. The number of benzene rings is 2. The Hall–Kier alpha value is -2.56. The summed E-state index contributed by atoms with van der Waals surface area (Å²) in [6.45, 7) is 1.58. The normalized spacial score (nSPS) is 10.2. The van der Waals surface area contributed by atoms with Crippen LogP contribution in [0.25, 0.3) is 0 Å². The highest BCUT2D eigenvalue weighted by Gasteiger charge is 2.14. The topological polar surface area (TPSA) is 75.3 Å². The maximum absolute atomic E-state index is 13.8. The standard InChI is InChI=1S/C14H13FN2O2/c1-8-3-2-4-10(13(8)15)14(19)17-12-6-5-9(18)7-11(12)16/h2-7,18H,16H2,1H3,(H,17,19). The zero-order valence-electron chi connectivity index (χ0n) is 10.3. The molecule has 98 valence electrons. The summed E-state index contributed by atoms with van der Waals surface area (Å²) in [6.07, 6.45) is 0. The van der Waals surface area contributed by atoms with E-state index in [9.17, 15) is 14.3 Å². The SMILES string of the molecule is Cc1cccc(C(=O)Nc2ccc(O)cc2N)c1F. The molecule has 0 fully saturated rings. The fourth-order valence-corrected chi connectivity index (χ4v) is 1.68. The van der Waals surface area contributed by atoms with Crippen LogP contribution in [-0.2, 0) is 0 Å². The molecule has 0 aromatic heterocycles. The molecule has 0 radical (unpaired) electrons. The highest BCUT2D eigenvalue weighted by Crippen LogP contribution is 2.24. The van der Waals surface area contributed by atoms with Crippen LogP contribution in [0.2, 0.25) is 0 Å². The Morgan fingerprint density at radius 1 is 1.32 bits per heavy atom. The number of aryl methyl sites for hydroxylation is 1. The predicted octanol–water partition coefficient (Wildman–Crippen LogP) is 2.67. The number of nitrogens with one attached hydrogen (secondary N) is 1. The van der Waals surface area contributed by atoms with Crippen molar-refractivity contribution in [1.82, 2.24) is 0 Å². The maximum atomic E-state index is 13.8. The largest absolute Gasteiger partial charge is 0.508 e. The van der Waals surface area contributed by atoms with Gasteiger partial charge < -0.3 is 16.2 Å². The Labute approximate surface area is 109 Å². The van der Waals surface area contributed by atoms with Gasteiger partial charge in [-0.2, -0.15) is 0 Å². The van der Waals surface area contributed by atoms with Gasteiger partial charge in [-0.1, -0.05) is 12.1 Å². The van der Waals surface area contributed by atoms with E-state index in [-0.39, 0.29) is 17.0 Å². The second-order valence-electron chi connectivity index (χ2n) is 4.16. The van der Waals surface area contributed by atoms with Gasteiger partial charge in [-0.3, -0.25) is 4.79 Å². The summed E-state index contributed by atoms with van der Waals surface area (Å²) in [5.41, 5.74) is 6.53. The number of hydrogen-bond acceptors (Lipinski definition) is 3. The van der Waals surface area contributed by atoms with Crippen LogP contribution in [0.1, 0.15) is 15.9 Å². The van der Waals surface area contributed by atoms with E-state index < -0.39 is 11.7 Å². The van der Waals surface area contributed by atoms with E-state index in [0.717, 1.165) is 0 Å². The third-order valence-corrected chi connectivity index (χ3v) is 2.72. The average molecular weight is 260 g/mol. The number of carbonyl (C=O) groups excluding carboxylic acids is 1. The van der Waals surface area contributed by atoms with Gasteiger partial charge in [0.05, 0.1) is 16.9 Å². The molecule has 4 N–H and O–H groups in total. The molecule has 0 saturated carbocycles.